The molecule has 1 aromatic carbocycles. The summed E-state index contributed by atoms with van der Waals surface area (Å²) in [6, 6.07) is 3.61. The molecule has 0 aliphatic carbocycles. The molecule has 9 heteroatoms. The van der Waals surface area contributed by atoms with Crippen LogP contribution in [0, 0.1) is 16.0 Å². The molecule has 0 atom stereocenters. The topological polar surface area (TPSA) is 110 Å². The molecule has 1 heterocycles. The van der Waals surface area contributed by atoms with Crippen LogP contribution >= 0.6 is 0 Å². The molecule has 1 aromatic rings. The summed E-state index contributed by atoms with van der Waals surface area (Å²) in [6.07, 6.45) is 0. The molecule has 20 heavy (non-hydrogen) atoms. The Balaban J connectivity index is 2.39. The third-order valence-electron chi connectivity index (χ3n) is 3.16. The van der Waals surface area contributed by atoms with Crippen molar-refractivity contribution in [1.29, 1.82) is 0 Å². The van der Waals surface area contributed by atoms with Gasteiger partial charge in [-0.15, -0.1) is 0 Å². The zero-order chi connectivity index (χ0) is 14.9. The van der Waals surface area contributed by atoms with Gasteiger partial charge in [0.25, 0.3) is 5.69 Å². The maximum atomic E-state index is 12.3. The van der Waals surface area contributed by atoms with Crippen LogP contribution in [0.1, 0.15) is 0 Å². The van der Waals surface area contributed by atoms with E-state index in [0.717, 1.165) is 10.4 Å². The highest BCUT2D eigenvalue weighted by Gasteiger charge is 2.39. The van der Waals surface area contributed by atoms with Crippen molar-refractivity contribution in [3.05, 3.63) is 28.3 Å². The largest absolute Gasteiger partial charge is 0.497 e. The Morgan fingerprint density at radius 1 is 1.50 bits per heavy atom. The van der Waals surface area contributed by atoms with Crippen LogP contribution in [0.15, 0.2) is 23.1 Å². The monoisotopic (exact) mass is 302 g/mol. The lowest BCUT2D eigenvalue weighted by Crippen LogP contribution is -2.51. The quantitative estimate of drug-likeness (QED) is 0.615. The number of nitro groups is 1. The molecule has 1 aliphatic heterocycles. The van der Waals surface area contributed by atoms with Gasteiger partial charge >= 0.3 is 0 Å². The molecule has 0 saturated carbocycles. The van der Waals surface area contributed by atoms with Crippen molar-refractivity contribution in [3.63, 3.8) is 0 Å². The van der Waals surface area contributed by atoms with E-state index in [-0.39, 0.29) is 36.3 Å². The Kier molecular flexibility index (Phi) is 3.93. The number of sulfonamides is 1. The molecule has 1 saturated heterocycles. The van der Waals surface area contributed by atoms with Crippen LogP contribution < -0.4 is 4.74 Å². The summed E-state index contributed by atoms with van der Waals surface area (Å²) in [6.45, 7) is 0.237. The summed E-state index contributed by atoms with van der Waals surface area (Å²) in [7, 11) is -2.58. The van der Waals surface area contributed by atoms with E-state index >= 15 is 0 Å². The highest BCUT2D eigenvalue weighted by molar-refractivity contribution is 7.89. The molecule has 0 bridgehead atoms. The molecule has 0 unspecified atom stereocenters. The van der Waals surface area contributed by atoms with Crippen molar-refractivity contribution in [2.45, 2.75) is 4.90 Å². The van der Waals surface area contributed by atoms with Gasteiger partial charge in [0, 0.05) is 25.6 Å². The van der Waals surface area contributed by atoms with Crippen molar-refractivity contribution < 1.29 is 23.2 Å². The van der Waals surface area contributed by atoms with E-state index < -0.39 is 20.6 Å². The number of ether oxygens (including phenoxy) is 1. The minimum Gasteiger partial charge on any atom is -0.497 e. The predicted molar refractivity (Wildman–Crippen MR) is 69.0 cm³/mol. The van der Waals surface area contributed by atoms with Gasteiger partial charge in [-0.05, 0) is 12.1 Å². The lowest BCUT2D eigenvalue weighted by molar-refractivity contribution is -0.388. The van der Waals surface area contributed by atoms with Crippen molar-refractivity contribution in [3.8, 4) is 5.75 Å². The van der Waals surface area contributed by atoms with E-state index in [9.17, 15) is 18.5 Å². The van der Waals surface area contributed by atoms with Gasteiger partial charge in [0.15, 0.2) is 4.90 Å². The van der Waals surface area contributed by atoms with Crippen LogP contribution in [-0.4, -0.2) is 49.6 Å². The van der Waals surface area contributed by atoms with E-state index in [1.165, 1.54) is 19.2 Å². The number of rotatable bonds is 5. The van der Waals surface area contributed by atoms with Gasteiger partial charge in [-0.2, -0.15) is 4.31 Å². The number of aliphatic hydroxyl groups excluding tert-OH is 1. The Morgan fingerprint density at radius 3 is 2.65 bits per heavy atom. The molecule has 2 rings (SSSR count). The van der Waals surface area contributed by atoms with Gasteiger partial charge in [0.2, 0.25) is 10.0 Å². The third-order valence-corrected chi connectivity index (χ3v) is 5.04. The van der Waals surface area contributed by atoms with Crippen molar-refractivity contribution in [2.24, 2.45) is 5.92 Å². The molecule has 110 valence electrons. The number of nitro benzene ring substituents is 1. The second kappa shape index (κ2) is 5.35. The molecule has 1 fully saturated rings. The lowest BCUT2D eigenvalue weighted by Gasteiger charge is -2.36. The van der Waals surface area contributed by atoms with E-state index in [1.807, 2.05) is 0 Å². The van der Waals surface area contributed by atoms with Crippen LogP contribution in [0.3, 0.4) is 0 Å². The molecule has 8 nitrogen and oxygen atoms in total. The van der Waals surface area contributed by atoms with E-state index in [1.54, 1.807) is 0 Å². The van der Waals surface area contributed by atoms with Crippen molar-refractivity contribution in [1.82, 2.24) is 4.31 Å². The second-order valence-electron chi connectivity index (χ2n) is 4.46. The SMILES string of the molecule is COc1ccc(S(=O)(=O)N2CC(CO)C2)c([N+](=O)[O-])c1. The Morgan fingerprint density at radius 2 is 2.15 bits per heavy atom. The summed E-state index contributed by atoms with van der Waals surface area (Å²) in [5.41, 5.74) is -0.517. The predicted octanol–water partition coefficient (Wildman–Crippen LogP) is 0.216. The van der Waals surface area contributed by atoms with Crippen LogP contribution in [0.4, 0.5) is 5.69 Å². The Bertz CT molecular complexity index is 624. The summed E-state index contributed by atoms with van der Waals surface area (Å²) in [5, 5.41) is 19.9. The second-order valence-corrected chi connectivity index (χ2v) is 6.37. The van der Waals surface area contributed by atoms with Gasteiger partial charge < -0.3 is 9.84 Å². The van der Waals surface area contributed by atoms with E-state index in [4.69, 9.17) is 9.84 Å². The summed E-state index contributed by atoms with van der Waals surface area (Å²) in [4.78, 5) is 9.90. The number of hydrogen-bond acceptors (Lipinski definition) is 6. The van der Waals surface area contributed by atoms with Gasteiger partial charge in [-0.1, -0.05) is 0 Å². The van der Waals surface area contributed by atoms with Crippen LogP contribution in [0.25, 0.3) is 0 Å². The normalized spacial score (nSPS) is 16.7. The standard InChI is InChI=1S/C11H14N2O6S/c1-19-9-2-3-11(10(4-9)13(15)16)20(17,18)12-5-8(6-12)7-14/h2-4,8,14H,5-7H2,1H3. The summed E-state index contributed by atoms with van der Waals surface area (Å²) >= 11 is 0. The molecular formula is C11H14N2O6S. The van der Waals surface area contributed by atoms with Gasteiger partial charge in [0.1, 0.15) is 5.75 Å². The van der Waals surface area contributed by atoms with Gasteiger partial charge in [-0.25, -0.2) is 8.42 Å². The number of aliphatic hydroxyl groups is 1. The third kappa shape index (κ3) is 2.47. The molecule has 0 radical (unpaired) electrons. The summed E-state index contributed by atoms with van der Waals surface area (Å²) < 4.78 is 30.6. The molecule has 1 N–H and O–H groups in total. The fraction of sp³-hybridized carbons (Fsp3) is 0.455. The van der Waals surface area contributed by atoms with E-state index in [2.05, 4.69) is 0 Å². The molecule has 1 aliphatic rings. The fourth-order valence-corrected chi connectivity index (χ4v) is 3.69. The van der Waals surface area contributed by atoms with Crippen LogP contribution in [-0.2, 0) is 10.0 Å². The number of nitrogens with zero attached hydrogens (tertiary/aromatic N) is 2. The smallest absolute Gasteiger partial charge is 0.293 e. The minimum absolute atomic E-state index is 0.100. The highest BCUT2D eigenvalue weighted by Crippen LogP contribution is 2.33. The Hall–Kier alpha value is -1.71. The zero-order valence-corrected chi connectivity index (χ0v) is 11.5. The molecular weight excluding hydrogens is 288 g/mol. The Labute approximate surface area is 115 Å². The van der Waals surface area contributed by atoms with E-state index in [0.29, 0.717) is 0 Å². The summed E-state index contributed by atoms with van der Waals surface area (Å²) in [5.74, 6) is 0.106. The number of hydrogen-bond donors (Lipinski definition) is 1. The number of benzene rings is 1. The minimum atomic E-state index is -3.92. The first-order valence-electron chi connectivity index (χ1n) is 5.83. The first-order valence-corrected chi connectivity index (χ1v) is 7.27. The molecule has 0 spiro atoms. The molecule has 0 amide bonds. The van der Waals surface area contributed by atoms with Crippen molar-refractivity contribution in [2.75, 3.05) is 26.8 Å². The molecule has 0 aromatic heterocycles. The average molecular weight is 302 g/mol. The number of methoxy groups -OCH3 is 1. The van der Waals surface area contributed by atoms with Crippen molar-refractivity contribution >= 4 is 15.7 Å². The average Bonchev–Trinajstić information content (AvgIpc) is 2.36. The van der Waals surface area contributed by atoms with Gasteiger partial charge in [0.05, 0.1) is 18.1 Å². The maximum absolute atomic E-state index is 12.3. The lowest BCUT2D eigenvalue weighted by atomic mass is 10.1. The fourth-order valence-electron chi connectivity index (χ4n) is 1.96. The maximum Gasteiger partial charge on any atom is 0.293 e. The highest BCUT2D eigenvalue weighted by atomic mass is 32.2. The first-order chi connectivity index (χ1) is 9.40. The van der Waals surface area contributed by atoms with Crippen LogP contribution in [0.5, 0.6) is 5.75 Å². The van der Waals surface area contributed by atoms with Crippen LogP contribution in [0.2, 0.25) is 0 Å². The first kappa shape index (κ1) is 14.7. The zero-order valence-electron chi connectivity index (χ0n) is 10.7. The van der Waals surface area contributed by atoms with Gasteiger partial charge in [-0.3, -0.25) is 10.1 Å².